The Morgan fingerprint density at radius 1 is 1.15 bits per heavy atom. The number of halogens is 1. The minimum Gasteiger partial charge on any atom is -0.505 e. The van der Waals surface area contributed by atoms with Gasteiger partial charge in [-0.15, -0.1) is 0 Å². The SMILES string of the molecule is Cc1cccn2c(C)c(C(O)=C3C(=O)C(=O)N(Cc4ccco4)C3c3cccc(Cl)c3)nc12. The van der Waals surface area contributed by atoms with E-state index in [1.54, 1.807) is 36.4 Å². The predicted octanol–water partition coefficient (Wildman–Crippen LogP) is 4.82. The van der Waals surface area contributed by atoms with E-state index >= 15 is 0 Å². The van der Waals surface area contributed by atoms with Gasteiger partial charge in [-0.1, -0.05) is 29.8 Å². The number of amides is 1. The van der Waals surface area contributed by atoms with Gasteiger partial charge in [0.1, 0.15) is 17.1 Å². The van der Waals surface area contributed by atoms with E-state index in [0.717, 1.165) is 5.56 Å². The molecule has 1 unspecified atom stereocenters. The molecule has 7 nitrogen and oxygen atoms in total. The van der Waals surface area contributed by atoms with Crippen LogP contribution in [-0.2, 0) is 16.1 Å². The molecule has 0 bridgehead atoms. The van der Waals surface area contributed by atoms with Gasteiger partial charge in [-0.05, 0) is 55.3 Å². The second kappa shape index (κ2) is 7.94. The first-order chi connectivity index (χ1) is 15.9. The number of furan rings is 1. The lowest BCUT2D eigenvalue weighted by Gasteiger charge is -2.24. The number of Topliss-reactive ketones (excluding diaryl/α,β-unsaturated/α-hetero) is 1. The second-order valence-electron chi connectivity index (χ2n) is 7.99. The zero-order valence-corrected chi connectivity index (χ0v) is 18.7. The maximum atomic E-state index is 13.2. The molecule has 1 saturated heterocycles. The van der Waals surface area contributed by atoms with Gasteiger partial charge in [0.2, 0.25) is 0 Å². The summed E-state index contributed by atoms with van der Waals surface area (Å²) in [5.74, 6) is -1.31. The lowest BCUT2D eigenvalue weighted by molar-refractivity contribution is -0.140. The maximum Gasteiger partial charge on any atom is 0.296 e. The Labute approximate surface area is 194 Å². The summed E-state index contributed by atoms with van der Waals surface area (Å²) in [6, 6.07) is 13.3. The number of fused-ring (bicyclic) bond motifs is 1. The fourth-order valence-corrected chi connectivity index (χ4v) is 4.51. The number of carbonyl (C=O) groups is 2. The summed E-state index contributed by atoms with van der Waals surface area (Å²) in [5.41, 5.74) is 3.08. The van der Waals surface area contributed by atoms with Crippen LogP contribution in [0.5, 0.6) is 0 Å². The highest BCUT2D eigenvalue weighted by atomic mass is 35.5. The van der Waals surface area contributed by atoms with Crippen LogP contribution in [0, 0.1) is 13.8 Å². The van der Waals surface area contributed by atoms with Crippen molar-refractivity contribution in [1.29, 1.82) is 0 Å². The normalized spacial score (nSPS) is 17.9. The molecular weight excluding hydrogens is 442 g/mol. The molecule has 3 aromatic heterocycles. The number of aliphatic hydroxyl groups excluding tert-OH is 1. The number of aromatic nitrogens is 2. The van der Waals surface area contributed by atoms with Crippen molar-refractivity contribution in [1.82, 2.24) is 14.3 Å². The maximum absolute atomic E-state index is 13.2. The van der Waals surface area contributed by atoms with Crippen molar-refractivity contribution in [2.45, 2.75) is 26.4 Å². The van der Waals surface area contributed by atoms with Crippen LogP contribution in [0.1, 0.15) is 34.3 Å². The number of aliphatic hydroxyl groups is 1. The molecule has 5 rings (SSSR count). The van der Waals surface area contributed by atoms with Crippen molar-refractivity contribution in [3.05, 3.63) is 99.9 Å². The first kappa shape index (κ1) is 21.0. The van der Waals surface area contributed by atoms with Crippen molar-refractivity contribution in [2.75, 3.05) is 0 Å². The molecule has 1 fully saturated rings. The highest BCUT2D eigenvalue weighted by Crippen LogP contribution is 2.41. The van der Waals surface area contributed by atoms with E-state index in [4.69, 9.17) is 16.0 Å². The average Bonchev–Trinajstić information content (AvgIpc) is 3.49. The average molecular weight is 462 g/mol. The van der Waals surface area contributed by atoms with Gasteiger partial charge in [-0.25, -0.2) is 4.98 Å². The molecule has 0 spiro atoms. The molecule has 1 amide bonds. The lowest BCUT2D eigenvalue weighted by Crippen LogP contribution is -2.29. The smallest absolute Gasteiger partial charge is 0.296 e. The highest BCUT2D eigenvalue weighted by Gasteiger charge is 2.47. The van der Waals surface area contributed by atoms with Gasteiger partial charge in [0.15, 0.2) is 5.76 Å². The van der Waals surface area contributed by atoms with Crippen LogP contribution in [0.4, 0.5) is 0 Å². The highest BCUT2D eigenvalue weighted by molar-refractivity contribution is 6.46. The van der Waals surface area contributed by atoms with E-state index in [9.17, 15) is 14.7 Å². The van der Waals surface area contributed by atoms with Crippen LogP contribution >= 0.6 is 11.6 Å². The molecule has 33 heavy (non-hydrogen) atoms. The Kier molecular flexibility index (Phi) is 5.06. The van der Waals surface area contributed by atoms with Gasteiger partial charge < -0.3 is 18.8 Å². The number of carbonyl (C=O) groups excluding carboxylic acids is 2. The monoisotopic (exact) mass is 461 g/mol. The number of hydrogen-bond acceptors (Lipinski definition) is 5. The first-order valence-electron chi connectivity index (χ1n) is 10.4. The van der Waals surface area contributed by atoms with Crippen LogP contribution in [0.15, 0.2) is 71.0 Å². The van der Waals surface area contributed by atoms with Gasteiger partial charge in [0.05, 0.1) is 30.1 Å². The third-order valence-electron chi connectivity index (χ3n) is 5.92. The lowest BCUT2D eigenvalue weighted by atomic mass is 9.96. The summed E-state index contributed by atoms with van der Waals surface area (Å²) in [4.78, 5) is 32.3. The van der Waals surface area contributed by atoms with Gasteiger partial charge in [0.25, 0.3) is 11.7 Å². The summed E-state index contributed by atoms with van der Waals surface area (Å²) in [7, 11) is 0. The number of benzene rings is 1. The minimum absolute atomic E-state index is 0.0296. The molecule has 1 aromatic carbocycles. The predicted molar refractivity (Wildman–Crippen MR) is 123 cm³/mol. The van der Waals surface area contributed by atoms with Crippen LogP contribution in [0.2, 0.25) is 5.02 Å². The molecule has 1 aliphatic heterocycles. The molecule has 0 radical (unpaired) electrons. The Balaban J connectivity index is 1.72. The number of rotatable bonds is 4. The first-order valence-corrected chi connectivity index (χ1v) is 10.8. The number of pyridine rings is 1. The van der Waals surface area contributed by atoms with Crippen molar-refractivity contribution in [3.8, 4) is 0 Å². The molecule has 1 N–H and O–H groups in total. The zero-order chi connectivity index (χ0) is 23.3. The van der Waals surface area contributed by atoms with E-state index in [1.165, 1.54) is 11.2 Å². The number of ketones is 1. The zero-order valence-electron chi connectivity index (χ0n) is 17.9. The van der Waals surface area contributed by atoms with Crippen molar-refractivity contribution in [3.63, 3.8) is 0 Å². The van der Waals surface area contributed by atoms with Crippen molar-refractivity contribution < 1.29 is 19.1 Å². The van der Waals surface area contributed by atoms with E-state index < -0.39 is 17.7 Å². The third kappa shape index (κ3) is 3.41. The summed E-state index contributed by atoms with van der Waals surface area (Å²) < 4.78 is 7.26. The molecular formula is C25H20ClN3O4. The number of imidazole rings is 1. The largest absolute Gasteiger partial charge is 0.505 e. The summed E-state index contributed by atoms with van der Waals surface area (Å²) in [5, 5.41) is 11.8. The van der Waals surface area contributed by atoms with Crippen LogP contribution in [0.3, 0.4) is 0 Å². The van der Waals surface area contributed by atoms with E-state index in [1.807, 2.05) is 36.6 Å². The number of hydrogen-bond donors (Lipinski definition) is 1. The number of aryl methyl sites for hydroxylation is 2. The molecule has 8 heteroatoms. The summed E-state index contributed by atoms with van der Waals surface area (Å²) in [6.07, 6.45) is 3.34. The van der Waals surface area contributed by atoms with Gasteiger partial charge in [0, 0.05) is 11.2 Å². The van der Waals surface area contributed by atoms with E-state index in [0.29, 0.717) is 27.7 Å². The fourth-order valence-electron chi connectivity index (χ4n) is 4.31. The standard InChI is InChI=1S/C25H20ClN3O4/c1-14-6-4-10-28-15(2)20(27-24(14)28)22(30)19-21(16-7-3-8-17(26)12-16)29(25(32)23(19)31)13-18-9-5-11-33-18/h3-12,21,30H,13H2,1-2H3. The quantitative estimate of drug-likeness (QED) is 0.267. The number of likely N-dealkylation sites (tertiary alicyclic amines) is 1. The van der Waals surface area contributed by atoms with Gasteiger partial charge in [-0.2, -0.15) is 0 Å². The Bertz CT molecular complexity index is 1440. The second-order valence-corrected chi connectivity index (χ2v) is 8.43. The Morgan fingerprint density at radius 3 is 2.67 bits per heavy atom. The van der Waals surface area contributed by atoms with Gasteiger partial charge >= 0.3 is 0 Å². The molecule has 0 saturated carbocycles. The molecule has 0 aliphatic carbocycles. The van der Waals surface area contributed by atoms with Crippen LogP contribution in [-0.4, -0.2) is 31.1 Å². The third-order valence-corrected chi connectivity index (χ3v) is 6.15. The van der Waals surface area contributed by atoms with Crippen LogP contribution in [0.25, 0.3) is 11.4 Å². The molecule has 1 aliphatic rings. The van der Waals surface area contributed by atoms with E-state index in [-0.39, 0.29) is 23.6 Å². The van der Waals surface area contributed by atoms with E-state index in [2.05, 4.69) is 4.98 Å². The number of nitrogens with zero attached hydrogens (tertiary/aromatic N) is 3. The Hall–Kier alpha value is -3.84. The molecule has 4 aromatic rings. The van der Waals surface area contributed by atoms with Crippen molar-refractivity contribution >= 4 is 34.7 Å². The van der Waals surface area contributed by atoms with Gasteiger partial charge in [-0.3, -0.25) is 9.59 Å². The summed E-state index contributed by atoms with van der Waals surface area (Å²) in [6.45, 7) is 3.79. The molecule has 166 valence electrons. The summed E-state index contributed by atoms with van der Waals surface area (Å²) >= 11 is 6.23. The van der Waals surface area contributed by atoms with Crippen LogP contribution < -0.4 is 0 Å². The minimum atomic E-state index is -0.848. The Morgan fingerprint density at radius 2 is 1.97 bits per heavy atom. The fraction of sp³-hybridized carbons (Fsp3) is 0.160. The van der Waals surface area contributed by atoms with Crippen molar-refractivity contribution in [2.24, 2.45) is 0 Å². The molecule has 1 atom stereocenters. The molecule has 4 heterocycles. The topological polar surface area (TPSA) is 88.0 Å².